The minimum Gasteiger partial charge on any atom is -0.471 e. The van der Waals surface area contributed by atoms with E-state index in [4.69, 9.17) is 20.5 Å². The van der Waals surface area contributed by atoms with Crippen LogP contribution in [0.25, 0.3) is 0 Å². The fourth-order valence-electron chi connectivity index (χ4n) is 5.44. The van der Waals surface area contributed by atoms with Crippen LogP contribution in [0, 0.1) is 18.3 Å². The van der Waals surface area contributed by atoms with E-state index in [1.807, 2.05) is 19.1 Å². The fourth-order valence-corrected chi connectivity index (χ4v) is 5.44. The summed E-state index contributed by atoms with van der Waals surface area (Å²) in [5, 5.41) is 12.2. The highest BCUT2D eigenvalue weighted by Crippen LogP contribution is 2.31. The van der Waals surface area contributed by atoms with E-state index in [2.05, 4.69) is 5.10 Å². The molecule has 40 heavy (non-hydrogen) atoms. The first-order valence-corrected chi connectivity index (χ1v) is 13.4. The Balaban J connectivity index is 1.43. The lowest BCUT2D eigenvalue weighted by atomic mass is 9.85. The van der Waals surface area contributed by atoms with Crippen LogP contribution >= 0.6 is 0 Å². The molecule has 0 bridgehead atoms. The number of hydrogen-bond acceptors (Lipinski definition) is 8. The maximum absolute atomic E-state index is 13.6. The van der Waals surface area contributed by atoms with Gasteiger partial charge in [0, 0.05) is 44.4 Å². The molecule has 0 aliphatic carbocycles. The van der Waals surface area contributed by atoms with Gasteiger partial charge in [-0.15, -0.1) is 5.10 Å². The summed E-state index contributed by atoms with van der Waals surface area (Å²) < 4.78 is 6.45. The average Bonchev–Trinajstić information content (AvgIpc) is 3.69. The van der Waals surface area contributed by atoms with Crippen LogP contribution in [0.1, 0.15) is 58.6 Å². The van der Waals surface area contributed by atoms with Crippen LogP contribution in [0.2, 0.25) is 0 Å². The smallest absolute Gasteiger partial charge is 0.320 e. The van der Waals surface area contributed by atoms with E-state index in [-0.39, 0.29) is 41.9 Å². The van der Waals surface area contributed by atoms with Gasteiger partial charge >= 0.3 is 6.03 Å². The molecule has 2 amide bonds. The molecule has 2 unspecified atom stereocenters. The number of benzene rings is 1. The maximum Gasteiger partial charge on any atom is 0.320 e. The van der Waals surface area contributed by atoms with E-state index < -0.39 is 11.8 Å². The van der Waals surface area contributed by atoms with Crippen molar-refractivity contribution in [1.82, 2.24) is 24.6 Å². The number of piperidine rings is 1. The van der Waals surface area contributed by atoms with Gasteiger partial charge in [0.15, 0.2) is 11.6 Å². The monoisotopic (exact) mass is 546 g/mol. The van der Waals surface area contributed by atoms with Gasteiger partial charge in [0.2, 0.25) is 5.95 Å². The summed E-state index contributed by atoms with van der Waals surface area (Å²) in [4.78, 5) is 49.9. The normalized spacial score (nSPS) is 19.2. The number of carbonyl (C=O) groups excluding carboxylic acids is 3. The molecule has 4 heterocycles. The molecule has 0 saturated carbocycles. The summed E-state index contributed by atoms with van der Waals surface area (Å²) >= 11 is 0. The van der Waals surface area contributed by atoms with Gasteiger partial charge in [-0.2, -0.15) is 9.67 Å². The van der Waals surface area contributed by atoms with E-state index in [9.17, 15) is 14.4 Å². The highest BCUT2D eigenvalue weighted by Gasteiger charge is 2.41. The number of furan rings is 1. The first-order valence-electron chi connectivity index (χ1n) is 13.4. The van der Waals surface area contributed by atoms with Gasteiger partial charge in [-0.05, 0) is 31.2 Å². The zero-order valence-electron chi connectivity index (χ0n) is 23.0. The molecule has 3 aromatic rings. The van der Waals surface area contributed by atoms with Crippen molar-refractivity contribution < 1.29 is 18.8 Å². The molecule has 2 saturated heterocycles. The highest BCUT2D eigenvalue weighted by molar-refractivity contribution is 5.98. The van der Waals surface area contributed by atoms with Crippen molar-refractivity contribution in [2.45, 2.75) is 39.2 Å². The Morgan fingerprint density at radius 2 is 1.85 bits per heavy atom. The number of aromatic nitrogens is 3. The lowest BCUT2D eigenvalue weighted by Gasteiger charge is -2.36. The number of amidine groups is 1. The van der Waals surface area contributed by atoms with Gasteiger partial charge in [0.1, 0.15) is 12.1 Å². The number of carbonyl (C=O) groups is 3. The Morgan fingerprint density at radius 3 is 2.45 bits per heavy atom. The largest absolute Gasteiger partial charge is 0.471 e. The van der Waals surface area contributed by atoms with Crippen LogP contribution in [0.5, 0.6) is 0 Å². The van der Waals surface area contributed by atoms with Crippen LogP contribution in [0.3, 0.4) is 0 Å². The molecule has 2 aromatic heterocycles. The molecule has 12 heteroatoms. The third-order valence-corrected chi connectivity index (χ3v) is 7.61. The SMILES string of the molecule is Cc1cocc1C(=O)n1nc(C2C(=O)CN(C(=O)N3CCCC3)CC2C)nc1N(C)Cc1ccc(C(=N)N)cc1. The van der Waals surface area contributed by atoms with Crippen molar-refractivity contribution in [3.8, 4) is 0 Å². The first kappa shape index (κ1) is 27.1. The second-order valence-corrected chi connectivity index (χ2v) is 10.7. The van der Waals surface area contributed by atoms with Crippen LogP contribution in [0.4, 0.5) is 10.7 Å². The summed E-state index contributed by atoms with van der Waals surface area (Å²) in [7, 11) is 1.79. The average molecular weight is 547 g/mol. The molecule has 0 radical (unpaired) electrons. The molecule has 12 nitrogen and oxygen atoms in total. The molecule has 2 atom stereocenters. The molecule has 5 rings (SSSR count). The molecule has 3 N–H and O–H groups in total. The third kappa shape index (κ3) is 5.21. The predicted octanol–water partition coefficient (Wildman–Crippen LogP) is 2.61. The second-order valence-electron chi connectivity index (χ2n) is 10.7. The number of anilines is 1. The Bertz CT molecular complexity index is 1440. The molecule has 1 aromatic carbocycles. The van der Waals surface area contributed by atoms with Crippen molar-refractivity contribution in [1.29, 1.82) is 5.41 Å². The quantitative estimate of drug-likeness (QED) is 0.353. The Kier molecular flexibility index (Phi) is 7.42. The number of nitrogens with two attached hydrogens (primary N) is 1. The van der Waals surface area contributed by atoms with E-state index in [0.717, 1.165) is 31.5 Å². The maximum atomic E-state index is 13.6. The number of ketones is 1. The Labute approximate surface area is 232 Å². The lowest BCUT2D eigenvalue weighted by Crippen LogP contribution is -2.51. The van der Waals surface area contributed by atoms with Crippen LogP contribution in [-0.4, -0.2) is 81.3 Å². The van der Waals surface area contributed by atoms with Gasteiger partial charge in [-0.25, -0.2) is 4.79 Å². The minimum absolute atomic E-state index is 0.0126. The Morgan fingerprint density at radius 1 is 1.15 bits per heavy atom. The molecular formula is C28H34N8O4. The summed E-state index contributed by atoms with van der Waals surface area (Å²) in [6.07, 6.45) is 4.83. The molecule has 2 aliphatic rings. The number of nitrogens with zero attached hydrogens (tertiary/aromatic N) is 6. The molecule has 2 aliphatic heterocycles. The third-order valence-electron chi connectivity index (χ3n) is 7.61. The van der Waals surface area contributed by atoms with Crippen molar-refractivity contribution in [3.63, 3.8) is 0 Å². The Hall–Kier alpha value is -4.48. The van der Waals surface area contributed by atoms with Crippen LogP contribution in [0.15, 0.2) is 41.2 Å². The summed E-state index contributed by atoms with van der Waals surface area (Å²) in [6.45, 7) is 5.90. The number of hydrogen-bond donors (Lipinski definition) is 2. The predicted molar refractivity (Wildman–Crippen MR) is 147 cm³/mol. The van der Waals surface area contributed by atoms with E-state index >= 15 is 0 Å². The lowest BCUT2D eigenvalue weighted by molar-refractivity contribution is -0.125. The fraction of sp³-hybridized carbons (Fsp3) is 0.429. The number of likely N-dealkylation sites (tertiary alicyclic amines) is 2. The summed E-state index contributed by atoms with van der Waals surface area (Å²) in [5.41, 5.74) is 8.11. The number of amides is 2. The highest BCUT2D eigenvalue weighted by atomic mass is 16.3. The van der Waals surface area contributed by atoms with Crippen molar-refractivity contribution in [2.24, 2.45) is 11.7 Å². The minimum atomic E-state index is -0.649. The van der Waals surface area contributed by atoms with Crippen molar-refractivity contribution in [2.75, 3.05) is 38.1 Å². The zero-order valence-corrected chi connectivity index (χ0v) is 23.0. The van der Waals surface area contributed by atoms with Crippen LogP contribution in [-0.2, 0) is 11.3 Å². The molecule has 2 fully saturated rings. The van der Waals surface area contributed by atoms with E-state index in [0.29, 0.717) is 29.8 Å². The number of nitrogen functional groups attached to an aromatic ring is 1. The molecule has 210 valence electrons. The summed E-state index contributed by atoms with van der Waals surface area (Å²) in [6, 6.07) is 7.14. The zero-order chi connectivity index (χ0) is 28.6. The number of aryl methyl sites for hydroxylation is 1. The number of nitrogens with one attached hydrogen (secondary N) is 1. The van der Waals surface area contributed by atoms with Gasteiger partial charge in [-0.3, -0.25) is 15.0 Å². The van der Waals surface area contributed by atoms with Crippen LogP contribution < -0.4 is 10.6 Å². The van der Waals surface area contributed by atoms with Gasteiger partial charge < -0.3 is 24.9 Å². The van der Waals surface area contributed by atoms with E-state index in [1.54, 1.807) is 40.8 Å². The summed E-state index contributed by atoms with van der Waals surface area (Å²) in [5.74, 6) is -0.918. The molecular weight excluding hydrogens is 512 g/mol. The number of Topliss-reactive ketones (excluding diaryl/α,β-unsaturated/α-hetero) is 1. The van der Waals surface area contributed by atoms with Crippen molar-refractivity contribution >= 4 is 29.5 Å². The topological polar surface area (TPSA) is 155 Å². The standard InChI is InChI=1S/C28H34N8O4/c1-17-12-35(28(39)34-10-4-5-11-34)14-22(37)23(17)25-31-27(36(32-25)26(38)21-16-40-15-18(21)2)33(3)13-19-6-8-20(9-7-19)24(29)30/h6-9,15-17,23H,4-5,10-14H2,1-3H3,(H3,29,30). The molecule has 0 spiro atoms. The van der Waals surface area contributed by atoms with E-state index in [1.165, 1.54) is 17.2 Å². The van der Waals surface area contributed by atoms with Gasteiger partial charge in [-0.1, -0.05) is 31.2 Å². The number of urea groups is 1. The van der Waals surface area contributed by atoms with Gasteiger partial charge in [0.05, 0.1) is 24.3 Å². The van der Waals surface area contributed by atoms with Gasteiger partial charge in [0.25, 0.3) is 5.91 Å². The van der Waals surface area contributed by atoms with Crippen molar-refractivity contribution in [3.05, 3.63) is 64.9 Å². The number of rotatable bonds is 6. The second kappa shape index (κ2) is 10.9. The first-order chi connectivity index (χ1) is 19.1.